The summed E-state index contributed by atoms with van der Waals surface area (Å²) in [6.07, 6.45) is 1.66. The second kappa shape index (κ2) is 4.37. The summed E-state index contributed by atoms with van der Waals surface area (Å²) < 4.78 is 15.4. The summed E-state index contributed by atoms with van der Waals surface area (Å²) >= 11 is 0. The predicted octanol–water partition coefficient (Wildman–Crippen LogP) is 1.48. The van der Waals surface area contributed by atoms with E-state index in [1.54, 1.807) is 16.9 Å². The molecule has 2 aromatic rings. The number of primary amides is 1. The van der Waals surface area contributed by atoms with Crippen LogP contribution in [0.4, 0.5) is 4.39 Å². The lowest BCUT2D eigenvalue weighted by molar-refractivity contribution is 0.1000. The molecule has 2 N–H and O–H groups in total. The Bertz CT molecular complexity index is 563. The Morgan fingerprint density at radius 2 is 2.24 bits per heavy atom. The van der Waals surface area contributed by atoms with E-state index in [-0.39, 0.29) is 5.56 Å². The third-order valence-electron chi connectivity index (χ3n) is 2.59. The van der Waals surface area contributed by atoms with Crippen molar-refractivity contribution in [3.8, 4) is 0 Å². The van der Waals surface area contributed by atoms with Gasteiger partial charge in [-0.25, -0.2) is 4.39 Å². The summed E-state index contributed by atoms with van der Waals surface area (Å²) in [6.45, 7) is 2.23. The van der Waals surface area contributed by atoms with Crippen LogP contribution in [0.15, 0.2) is 30.5 Å². The lowest BCUT2D eigenvalue weighted by atomic mass is 10.1. The van der Waals surface area contributed by atoms with Crippen molar-refractivity contribution < 1.29 is 9.18 Å². The maximum Gasteiger partial charge on any atom is 0.248 e. The third-order valence-corrected chi connectivity index (χ3v) is 2.59. The van der Waals surface area contributed by atoms with Crippen LogP contribution in [0.5, 0.6) is 0 Å². The van der Waals surface area contributed by atoms with Crippen molar-refractivity contribution >= 4 is 5.91 Å². The summed E-state index contributed by atoms with van der Waals surface area (Å²) in [5.74, 6) is -1.08. The van der Waals surface area contributed by atoms with Gasteiger partial charge in [-0.1, -0.05) is 6.07 Å². The normalized spacial score (nSPS) is 10.5. The molecular weight excluding hydrogens is 221 g/mol. The number of carbonyl (C=O) groups excluding carboxylic acids is 1. The van der Waals surface area contributed by atoms with E-state index >= 15 is 0 Å². The third kappa shape index (κ3) is 2.33. The van der Waals surface area contributed by atoms with E-state index in [0.717, 1.165) is 11.8 Å². The highest BCUT2D eigenvalue weighted by Gasteiger charge is 2.08. The van der Waals surface area contributed by atoms with Gasteiger partial charge < -0.3 is 5.73 Å². The molecule has 0 spiro atoms. The van der Waals surface area contributed by atoms with Gasteiger partial charge in [0.15, 0.2) is 0 Å². The standard InChI is InChI=1S/C12H12FN3O/c1-8-4-5-15-16(8)7-10-3-2-9(12(14)17)6-11(10)13/h2-6H,7H2,1H3,(H2,14,17). The molecule has 0 saturated heterocycles. The molecule has 5 heteroatoms. The van der Waals surface area contributed by atoms with Crippen LogP contribution in [0.1, 0.15) is 21.6 Å². The average Bonchev–Trinajstić information content (AvgIpc) is 2.67. The lowest BCUT2D eigenvalue weighted by Gasteiger charge is -2.06. The zero-order chi connectivity index (χ0) is 12.4. The Kier molecular flexibility index (Phi) is 2.91. The van der Waals surface area contributed by atoms with Crippen LogP contribution in [0.25, 0.3) is 0 Å². The van der Waals surface area contributed by atoms with Gasteiger partial charge in [0.25, 0.3) is 0 Å². The van der Waals surface area contributed by atoms with E-state index < -0.39 is 11.7 Å². The van der Waals surface area contributed by atoms with Crippen molar-refractivity contribution in [1.82, 2.24) is 9.78 Å². The second-order valence-corrected chi connectivity index (χ2v) is 3.80. The van der Waals surface area contributed by atoms with Gasteiger partial charge in [-0.2, -0.15) is 5.10 Å². The van der Waals surface area contributed by atoms with Gasteiger partial charge in [0.05, 0.1) is 6.54 Å². The van der Waals surface area contributed by atoms with Gasteiger partial charge in [0.2, 0.25) is 5.91 Å². The highest BCUT2D eigenvalue weighted by atomic mass is 19.1. The van der Waals surface area contributed by atoms with Gasteiger partial charge in [-0.05, 0) is 25.1 Å². The van der Waals surface area contributed by atoms with Crippen LogP contribution in [0.2, 0.25) is 0 Å². The first-order valence-electron chi connectivity index (χ1n) is 5.14. The fourth-order valence-electron chi connectivity index (χ4n) is 1.55. The van der Waals surface area contributed by atoms with Crippen LogP contribution in [-0.4, -0.2) is 15.7 Å². The number of hydrogen-bond acceptors (Lipinski definition) is 2. The molecule has 0 saturated carbocycles. The van der Waals surface area contributed by atoms with E-state index in [1.165, 1.54) is 6.07 Å². The molecule has 1 heterocycles. The van der Waals surface area contributed by atoms with Crippen molar-refractivity contribution in [2.45, 2.75) is 13.5 Å². The van der Waals surface area contributed by atoms with Crippen molar-refractivity contribution in [3.05, 3.63) is 53.1 Å². The largest absolute Gasteiger partial charge is 0.366 e. The number of nitrogens with two attached hydrogens (primary N) is 1. The molecule has 88 valence electrons. The zero-order valence-electron chi connectivity index (χ0n) is 9.35. The fourth-order valence-corrected chi connectivity index (χ4v) is 1.55. The molecule has 0 fully saturated rings. The maximum absolute atomic E-state index is 13.7. The summed E-state index contributed by atoms with van der Waals surface area (Å²) in [6, 6.07) is 6.06. The van der Waals surface area contributed by atoms with Crippen LogP contribution < -0.4 is 5.73 Å². The van der Waals surface area contributed by atoms with E-state index in [4.69, 9.17) is 5.73 Å². The van der Waals surface area contributed by atoms with Crippen LogP contribution in [-0.2, 0) is 6.54 Å². The molecule has 4 nitrogen and oxygen atoms in total. The summed E-state index contributed by atoms with van der Waals surface area (Å²) in [7, 11) is 0. The highest BCUT2D eigenvalue weighted by Crippen LogP contribution is 2.12. The first-order valence-corrected chi connectivity index (χ1v) is 5.14. The van der Waals surface area contributed by atoms with Gasteiger partial charge in [0, 0.05) is 23.0 Å². The number of rotatable bonds is 3. The van der Waals surface area contributed by atoms with Gasteiger partial charge >= 0.3 is 0 Å². The number of nitrogens with zero attached hydrogens (tertiary/aromatic N) is 2. The van der Waals surface area contributed by atoms with Gasteiger partial charge in [0.1, 0.15) is 5.82 Å². The topological polar surface area (TPSA) is 60.9 Å². The molecular formula is C12H12FN3O. The summed E-state index contributed by atoms with van der Waals surface area (Å²) in [5.41, 5.74) is 6.66. The average molecular weight is 233 g/mol. The Labute approximate surface area is 97.9 Å². The molecule has 1 amide bonds. The quantitative estimate of drug-likeness (QED) is 0.872. The van der Waals surface area contributed by atoms with Gasteiger partial charge in [-0.3, -0.25) is 9.48 Å². The maximum atomic E-state index is 13.7. The van der Waals surface area contributed by atoms with E-state index in [2.05, 4.69) is 5.10 Å². The molecule has 17 heavy (non-hydrogen) atoms. The van der Waals surface area contributed by atoms with Crippen LogP contribution >= 0.6 is 0 Å². The summed E-state index contributed by atoms with van der Waals surface area (Å²) in [5, 5.41) is 4.07. The Hall–Kier alpha value is -2.17. The zero-order valence-corrected chi connectivity index (χ0v) is 9.35. The predicted molar refractivity (Wildman–Crippen MR) is 61.0 cm³/mol. The number of hydrogen-bond donors (Lipinski definition) is 1. The molecule has 0 aliphatic rings. The Balaban J connectivity index is 2.29. The number of amides is 1. The number of aryl methyl sites for hydroxylation is 1. The van der Waals surface area contributed by atoms with Crippen molar-refractivity contribution in [2.24, 2.45) is 5.73 Å². The molecule has 0 radical (unpaired) electrons. The lowest BCUT2D eigenvalue weighted by Crippen LogP contribution is -2.12. The van der Waals surface area contributed by atoms with Gasteiger partial charge in [-0.15, -0.1) is 0 Å². The first-order chi connectivity index (χ1) is 8.08. The number of benzene rings is 1. The van der Waals surface area contributed by atoms with E-state index in [1.807, 2.05) is 13.0 Å². The second-order valence-electron chi connectivity index (χ2n) is 3.80. The van der Waals surface area contributed by atoms with Crippen molar-refractivity contribution in [3.63, 3.8) is 0 Å². The molecule has 0 aliphatic carbocycles. The molecule has 1 aromatic carbocycles. The van der Waals surface area contributed by atoms with Crippen molar-refractivity contribution in [2.75, 3.05) is 0 Å². The number of carbonyl (C=O) groups is 1. The minimum atomic E-state index is -0.634. The summed E-state index contributed by atoms with van der Waals surface area (Å²) in [4.78, 5) is 10.9. The molecule has 0 bridgehead atoms. The minimum absolute atomic E-state index is 0.170. The fraction of sp³-hybridized carbons (Fsp3) is 0.167. The molecule has 0 atom stereocenters. The van der Waals surface area contributed by atoms with Crippen molar-refractivity contribution in [1.29, 1.82) is 0 Å². The van der Waals surface area contributed by atoms with Crippen LogP contribution in [0.3, 0.4) is 0 Å². The molecule has 1 aromatic heterocycles. The highest BCUT2D eigenvalue weighted by molar-refractivity contribution is 5.92. The smallest absolute Gasteiger partial charge is 0.248 e. The van der Waals surface area contributed by atoms with E-state index in [9.17, 15) is 9.18 Å². The number of halogens is 1. The first kappa shape index (κ1) is 11.3. The van der Waals surface area contributed by atoms with Crippen LogP contribution in [0, 0.1) is 12.7 Å². The Morgan fingerprint density at radius 1 is 1.47 bits per heavy atom. The Morgan fingerprint density at radius 3 is 2.76 bits per heavy atom. The monoisotopic (exact) mass is 233 g/mol. The minimum Gasteiger partial charge on any atom is -0.366 e. The molecule has 0 unspecified atom stereocenters. The molecule has 0 aliphatic heterocycles. The number of aromatic nitrogens is 2. The van der Waals surface area contributed by atoms with E-state index in [0.29, 0.717) is 12.1 Å². The SMILES string of the molecule is Cc1ccnn1Cc1ccc(C(N)=O)cc1F. The molecule has 2 rings (SSSR count).